The molecule has 8 heteroatoms. The standard InChI is InChI=1S/C20H19N3O4S/c1-12-3-4-17(28-12)13-7-14-10-23(5-6-27-18(14)16(8-13)26-2)20(25)15-9-21-11-22-19(15)24/h3-4,7-9,11H,5-6,10H2,1-2H3,(H,21,22,24). The van der Waals surface area contributed by atoms with Crippen LogP contribution in [0.25, 0.3) is 10.4 Å². The fourth-order valence-corrected chi connectivity index (χ4v) is 4.06. The van der Waals surface area contributed by atoms with Gasteiger partial charge in [0.2, 0.25) is 0 Å². The van der Waals surface area contributed by atoms with Crippen LogP contribution in [0.2, 0.25) is 0 Å². The average molecular weight is 397 g/mol. The number of rotatable bonds is 3. The van der Waals surface area contributed by atoms with Gasteiger partial charge in [0, 0.05) is 28.1 Å². The molecule has 0 radical (unpaired) electrons. The second-order valence-electron chi connectivity index (χ2n) is 6.45. The summed E-state index contributed by atoms with van der Waals surface area (Å²) in [7, 11) is 1.60. The van der Waals surface area contributed by atoms with Crippen LogP contribution >= 0.6 is 11.3 Å². The van der Waals surface area contributed by atoms with E-state index in [-0.39, 0.29) is 11.5 Å². The summed E-state index contributed by atoms with van der Waals surface area (Å²) in [5.41, 5.74) is 1.41. The highest BCUT2D eigenvalue weighted by atomic mass is 32.1. The molecule has 4 rings (SSSR count). The molecule has 28 heavy (non-hydrogen) atoms. The predicted octanol–water partition coefficient (Wildman–Crippen LogP) is 2.85. The van der Waals surface area contributed by atoms with Crippen molar-refractivity contribution in [2.75, 3.05) is 20.3 Å². The third-order valence-corrected chi connectivity index (χ3v) is 5.63. The molecule has 3 aromatic rings. The molecule has 0 bridgehead atoms. The SMILES string of the molecule is COc1cc(-c2ccc(C)s2)cc2c1OCCN(C(=O)c1cnc[nH]c1=O)C2. The van der Waals surface area contributed by atoms with Crippen LogP contribution in [0.3, 0.4) is 0 Å². The van der Waals surface area contributed by atoms with E-state index in [2.05, 4.69) is 29.0 Å². The summed E-state index contributed by atoms with van der Waals surface area (Å²) in [5, 5.41) is 0. The van der Waals surface area contributed by atoms with Crippen molar-refractivity contribution in [3.05, 3.63) is 63.1 Å². The molecule has 0 fully saturated rings. The van der Waals surface area contributed by atoms with Crippen molar-refractivity contribution in [1.29, 1.82) is 0 Å². The van der Waals surface area contributed by atoms with Crippen molar-refractivity contribution in [2.24, 2.45) is 0 Å². The van der Waals surface area contributed by atoms with E-state index in [0.717, 1.165) is 16.0 Å². The van der Waals surface area contributed by atoms with E-state index in [9.17, 15) is 9.59 Å². The van der Waals surface area contributed by atoms with Crippen LogP contribution < -0.4 is 15.0 Å². The summed E-state index contributed by atoms with van der Waals surface area (Å²) in [5.74, 6) is 0.893. The lowest BCUT2D eigenvalue weighted by atomic mass is 10.1. The Labute approximate surface area is 165 Å². The van der Waals surface area contributed by atoms with Crippen molar-refractivity contribution in [3.63, 3.8) is 0 Å². The van der Waals surface area contributed by atoms with Gasteiger partial charge < -0.3 is 19.4 Å². The van der Waals surface area contributed by atoms with Crippen LogP contribution in [-0.4, -0.2) is 41.0 Å². The fourth-order valence-electron chi connectivity index (χ4n) is 3.21. The Morgan fingerprint density at radius 2 is 2.21 bits per heavy atom. The Bertz CT molecular complexity index is 1090. The van der Waals surface area contributed by atoms with E-state index in [4.69, 9.17) is 9.47 Å². The first-order valence-corrected chi connectivity index (χ1v) is 9.61. The second kappa shape index (κ2) is 7.47. The van der Waals surface area contributed by atoms with Gasteiger partial charge in [-0.3, -0.25) is 9.59 Å². The van der Waals surface area contributed by atoms with Gasteiger partial charge in [-0.05, 0) is 36.8 Å². The zero-order valence-electron chi connectivity index (χ0n) is 15.5. The lowest BCUT2D eigenvalue weighted by Crippen LogP contribution is -2.35. The number of hydrogen-bond donors (Lipinski definition) is 1. The number of ether oxygens (including phenoxy) is 2. The van der Waals surface area contributed by atoms with Gasteiger partial charge in [-0.2, -0.15) is 0 Å². The molecule has 0 saturated heterocycles. The highest BCUT2D eigenvalue weighted by Gasteiger charge is 2.25. The zero-order chi connectivity index (χ0) is 19.7. The number of amides is 1. The van der Waals surface area contributed by atoms with Gasteiger partial charge in [-0.25, -0.2) is 4.98 Å². The molecule has 2 aromatic heterocycles. The van der Waals surface area contributed by atoms with E-state index in [1.807, 2.05) is 12.1 Å². The Morgan fingerprint density at radius 1 is 1.36 bits per heavy atom. The molecular formula is C20H19N3O4S. The Hall–Kier alpha value is -3.13. The smallest absolute Gasteiger partial charge is 0.263 e. The van der Waals surface area contributed by atoms with E-state index < -0.39 is 5.56 Å². The monoisotopic (exact) mass is 397 g/mol. The number of aromatic amines is 1. The lowest BCUT2D eigenvalue weighted by molar-refractivity contribution is 0.0730. The van der Waals surface area contributed by atoms with Gasteiger partial charge in [0.05, 0.1) is 20.0 Å². The molecular weight excluding hydrogens is 378 g/mol. The Kier molecular flexibility index (Phi) is 4.87. The van der Waals surface area contributed by atoms with Crippen LogP contribution in [0.1, 0.15) is 20.8 Å². The van der Waals surface area contributed by atoms with E-state index in [1.54, 1.807) is 23.3 Å². The van der Waals surface area contributed by atoms with Crippen molar-refractivity contribution >= 4 is 17.2 Å². The molecule has 0 saturated carbocycles. The molecule has 1 N–H and O–H groups in total. The maximum atomic E-state index is 12.9. The van der Waals surface area contributed by atoms with Gasteiger partial charge in [0.15, 0.2) is 11.5 Å². The summed E-state index contributed by atoms with van der Waals surface area (Å²) >= 11 is 1.69. The number of thiophene rings is 1. The number of carbonyl (C=O) groups excluding carboxylic acids is 1. The summed E-state index contributed by atoms with van der Waals surface area (Å²) < 4.78 is 11.4. The fraction of sp³-hybridized carbons (Fsp3) is 0.250. The average Bonchev–Trinajstić information content (AvgIpc) is 3.02. The van der Waals surface area contributed by atoms with E-state index >= 15 is 0 Å². The molecule has 1 aliphatic rings. The largest absolute Gasteiger partial charge is 0.493 e. The van der Waals surface area contributed by atoms with Gasteiger partial charge in [0.25, 0.3) is 11.5 Å². The minimum atomic E-state index is -0.453. The maximum Gasteiger partial charge on any atom is 0.263 e. The molecule has 1 amide bonds. The van der Waals surface area contributed by atoms with Crippen molar-refractivity contribution < 1.29 is 14.3 Å². The van der Waals surface area contributed by atoms with Crippen LogP contribution in [0, 0.1) is 6.92 Å². The summed E-state index contributed by atoms with van der Waals surface area (Å²) in [6, 6.07) is 8.10. The Balaban J connectivity index is 1.73. The summed E-state index contributed by atoms with van der Waals surface area (Å²) in [6.45, 7) is 3.05. The van der Waals surface area contributed by atoms with Gasteiger partial charge in [0.1, 0.15) is 12.2 Å². The number of aromatic nitrogens is 2. The number of aryl methyl sites for hydroxylation is 1. The van der Waals surface area contributed by atoms with E-state index in [0.29, 0.717) is 31.2 Å². The predicted molar refractivity (Wildman–Crippen MR) is 106 cm³/mol. The number of fused-ring (bicyclic) bond motifs is 1. The maximum absolute atomic E-state index is 12.9. The van der Waals surface area contributed by atoms with Crippen molar-refractivity contribution in [2.45, 2.75) is 13.5 Å². The highest BCUT2D eigenvalue weighted by molar-refractivity contribution is 7.15. The normalized spacial score (nSPS) is 13.4. The summed E-state index contributed by atoms with van der Waals surface area (Å²) in [4.78, 5) is 35.1. The third kappa shape index (κ3) is 3.38. The molecule has 0 spiro atoms. The molecule has 7 nitrogen and oxygen atoms in total. The van der Waals surface area contributed by atoms with Crippen molar-refractivity contribution in [3.8, 4) is 21.9 Å². The number of hydrogen-bond acceptors (Lipinski definition) is 6. The topological polar surface area (TPSA) is 84.5 Å². The molecule has 0 atom stereocenters. The molecule has 1 aliphatic heterocycles. The summed E-state index contributed by atoms with van der Waals surface area (Å²) in [6.07, 6.45) is 2.55. The zero-order valence-corrected chi connectivity index (χ0v) is 16.3. The molecule has 0 aliphatic carbocycles. The van der Waals surface area contributed by atoms with Gasteiger partial charge in [-0.15, -0.1) is 11.3 Å². The highest BCUT2D eigenvalue weighted by Crippen LogP contribution is 2.40. The minimum absolute atomic E-state index is 0.0166. The number of carbonyl (C=O) groups is 1. The second-order valence-corrected chi connectivity index (χ2v) is 7.73. The lowest BCUT2D eigenvalue weighted by Gasteiger charge is -2.19. The van der Waals surface area contributed by atoms with Crippen molar-refractivity contribution in [1.82, 2.24) is 14.9 Å². The number of H-pyrrole nitrogens is 1. The van der Waals surface area contributed by atoms with Gasteiger partial charge >= 0.3 is 0 Å². The molecule has 0 unspecified atom stereocenters. The molecule has 3 heterocycles. The Morgan fingerprint density at radius 3 is 2.93 bits per heavy atom. The number of nitrogens with zero attached hydrogens (tertiary/aromatic N) is 2. The number of methoxy groups -OCH3 is 1. The van der Waals surface area contributed by atoms with Crippen LogP contribution in [0.5, 0.6) is 11.5 Å². The van der Waals surface area contributed by atoms with Crippen LogP contribution in [0.15, 0.2) is 41.6 Å². The molecule has 144 valence electrons. The van der Waals surface area contributed by atoms with Gasteiger partial charge in [-0.1, -0.05) is 0 Å². The van der Waals surface area contributed by atoms with Crippen LogP contribution in [0.4, 0.5) is 0 Å². The first kappa shape index (κ1) is 18.2. The minimum Gasteiger partial charge on any atom is -0.493 e. The van der Waals surface area contributed by atoms with E-state index in [1.165, 1.54) is 17.4 Å². The number of nitrogens with one attached hydrogen (secondary N) is 1. The first-order chi connectivity index (χ1) is 13.6. The first-order valence-electron chi connectivity index (χ1n) is 8.79. The third-order valence-electron chi connectivity index (χ3n) is 4.58. The van der Waals surface area contributed by atoms with Crippen LogP contribution in [-0.2, 0) is 6.54 Å². The molecule has 1 aromatic carbocycles. The quantitative estimate of drug-likeness (QED) is 0.735. The number of benzene rings is 1.